The highest BCUT2D eigenvalue weighted by molar-refractivity contribution is 6.33. The van der Waals surface area contributed by atoms with Crippen molar-refractivity contribution in [1.29, 1.82) is 0 Å². The third kappa shape index (κ3) is 4.13. The Morgan fingerprint density at radius 2 is 1.90 bits per heavy atom. The number of nitro groups is 1. The molecule has 0 radical (unpaired) electrons. The van der Waals surface area contributed by atoms with Crippen LogP contribution in [0.25, 0.3) is 10.8 Å². The minimum atomic E-state index is -1.27. The Hall–Kier alpha value is -3.79. The number of fused-ring (bicyclic) bond motifs is 1. The number of ether oxygens (including phenoxy) is 1. The average molecular weight is 431 g/mol. The van der Waals surface area contributed by atoms with Crippen LogP contribution in [0.5, 0.6) is 0 Å². The van der Waals surface area contributed by atoms with Crippen LogP contribution >= 0.6 is 11.6 Å². The van der Waals surface area contributed by atoms with Gasteiger partial charge < -0.3 is 10.1 Å². The maximum absolute atomic E-state index is 12.6. The fraction of sp³-hybridized carbons (Fsp3) is 0.158. The van der Waals surface area contributed by atoms with Gasteiger partial charge in [0.15, 0.2) is 11.8 Å². The van der Waals surface area contributed by atoms with Crippen LogP contribution in [0.3, 0.4) is 0 Å². The highest BCUT2D eigenvalue weighted by atomic mass is 35.5. The molecule has 0 spiro atoms. The third-order valence-electron chi connectivity index (χ3n) is 4.22. The quantitative estimate of drug-likeness (QED) is 0.373. The van der Waals surface area contributed by atoms with E-state index in [2.05, 4.69) is 10.4 Å². The standard InChI is InChI=1S/C19H15ClN4O6/c1-10(17(25)21-15-9-11(24(28)29)7-8-14(15)20)30-19(27)16-12-5-3-4-6-13(12)18(26)23(2)22-16/h3-10H,1-2H3,(H,21,25). The van der Waals surface area contributed by atoms with Gasteiger partial charge in [-0.15, -0.1) is 0 Å². The molecule has 3 aromatic rings. The van der Waals surface area contributed by atoms with E-state index >= 15 is 0 Å². The van der Waals surface area contributed by atoms with Gasteiger partial charge in [-0.25, -0.2) is 9.48 Å². The number of benzene rings is 2. The second-order valence-corrected chi connectivity index (χ2v) is 6.69. The van der Waals surface area contributed by atoms with Crippen LogP contribution in [0.2, 0.25) is 5.02 Å². The summed E-state index contributed by atoms with van der Waals surface area (Å²) in [4.78, 5) is 47.4. The molecular formula is C19H15ClN4O6. The molecule has 0 saturated heterocycles. The number of hydrogen-bond donors (Lipinski definition) is 1. The van der Waals surface area contributed by atoms with E-state index in [1.807, 2.05) is 0 Å². The van der Waals surface area contributed by atoms with Gasteiger partial charge >= 0.3 is 5.97 Å². The molecule has 1 amide bonds. The first kappa shape index (κ1) is 20.9. The minimum absolute atomic E-state index is 0.00412. The van der Waals surface area contributed by atoms with Crippen molar-refractivity contribution in [1.82, 2.24) is 9.78 Å². The van der Waals surface area contributed by atoms with E-state index in [1.165, 1.54) is 26.1 Å². The van der Waals surface area contributed by atoms with Gasteiger partial charge in [-0.2, -0.15) is 5.10 Å². The zero-order chi connectivity index (χ0) is 22.0. The van der Waals surface area contributed by atoms with Crippen LogP contribution in [0, 0.1) is 10.1 Å². The highest BCUT2D eigenvalue weighted by Crippen LogP contribution is 2.27. The molecule has 0 aliphatic carbocycles. The topological polar surface area (TPSA) is 133 Å². The molecule has 0 bridgehead atoms. The van der Waals surface area contributed by atoms with Gasteiger partial charge in [-0.3, -0.25) is 19.7 Å². The van der Waals surface area contributed by atoms with E-state index in [9.17, 15) is 24.5 Å². The molecular weight excluding hydrogens is 416 g/mol. The number of carbonyl (C=O) groups excluding carboxylic acids is 2. The molecule has 1 N–H and O–H groups in total. The normalized spacial score (nSPS) is 11.7. The molecule has 154 valence electrons. The smallest absolute Gasteiger partial charge is 0.360 e. The van der Waals surface area contributed by atoms with Crippen molar-refractivity contribution < 1.29 is 19.2 Å². The number of non-ortho nitro benzene ring substituents is 1. The number of aryl methyl sites for hydroxylation is 1. The summed E-state index contributed by atoms with van der Waals surface area (Å²) >= 11 is 5.96. The monoisotopic (exact) mass is 430 g/mol. The number of esters is 1. The van der Waals surface area contributed by atoms with Crippen LogP contribution in [-0.4, -0.2) is 32.7 Å². The summed E-state index contributed by atoms with van der Waals surface area (Å²) in [7, 11) is 1.39. The second-order valence-electron chi connectivity index (χ2n) is 6.28. The van der Waals surface area contributed by atoms with Crippen LogP contribution in [0.1, 0.15) is 17.4 Å². The molecule has 1 unspecified atom stereocenters. The van der Waals surface area contributed by atoms with Crippen molar-refractivity contribution in [3.63, 3.8) is 0 Å². The number of anilines is 1. The molecule has 0 fully saturated rings. The fourth-order valence-electron chi connectivity index (χ4n) is 2.68. The van der Waals surface area contributed by atoms with Gasteiger partial charge in [-0.05, 0) is 19.1 Å². The third-order valence-corrected chi connectivity index (χ3v) is 4.55. The van der Waals surface area contributed by atoms with Crippen molar-refractivity contribution >= 4 is 45.6 Å². The van der Waals surface area contributed by atoms with Gasteiger partial charge in [0.05, 0.1) is 21.0 Å². The van der Waals surface area contributed by atoms with Crippen molar-refractivity contribution in [2.24, 2.45) is 7.05 Å². The number of rotatable bonds is 5. The Balaban J connectivity index is 1.81. The van der Waals surface area contributed by atoms with Crippen LogP contribution in [0.15, 0.2) is 47.3 Å². The fourth-order valence-corrected chi connectivity index (χ4v) is 2.84. The lowest BCUT2D eigenvalue weighted by Gasteiger charge is -2.15. The Morgan fingerprint density at radius 1 is 1.23 bits per heavy atom. The molecule has 11 heteroatoms. The van der Waals surface area contributed by atoms with E-state index in [4.69, 9.17) is 16.3 Å². The summed E-state index contributed by atoms with van der Waals surface area (Å²) in [5, 5.41) is 17.9. The molecule has 1 aromatic heterocycles. The Labute approximate surface area is 174 Å². The highest BCUT2D eigenvalue weighted by Gasteiger charge is 2.24. The maximum Gasteiger partial charge on any atom is 0.360 e. The van der Waals surface area contributed by atoms with E-state index in [0.717, 1.165) is 10.7 Å². The molecule has 0 saturated carbocycles. The number of amides is 1. The summed E-state index contributed by atoms with van der Waals surface area (Å²) in [5.41, 5.74) is -0.765. The van der Waals surface area contributed by atoms with E-state index in [1.54, 1.807) is 24.3 Å². The van der Waals surface area contributed by atoms with E-state index in [-0.39, 0.29) is 33.0 Å². The molecule has 30 heavy (non-hydrogen) atoms. The number of nitro benzene ring substituents is 1. The van der Waals surface area contributed by atoms with Crippen molar-refractivity contribution in [3.05, 3.63) is 73.6 Å². The van der Waals surface area contributed by atoms with Crippen molar-refractivity contribution in [2.75, 3.05) is 5.32 Å². The van der Waals surface area contributed by atoms with Crippen LogP contribution < -0.4 is 10.9 Å². The number of nitrogens with zero attached hydrogens (tertiary/aromatic N) is 3. The number of aromatic nitrogens is 2. The molecule has 2 aromatic carbocycles. The zero-order valence-electron chi connectivity index (χ0n) is 15.8. The number of carbonyl (C=O) groups is 2. The number of nitrogens with one attached hydrogen (secondary N) is 1. The van der Waals surface area contributed by atoms with Crippen molar-refractivity contribution in [3.8, 4) is 0 Å². The first-order valence-corrected chi connectivity index (χ1v) is 8.98. The van der Waals surface area contributed by atoms with Crippen molar-refractivity contribution in [2.45, 2.75) is 13.0 Å². The first-order chi connectivity index (χ1) is 14.2. The van der Waals surface area contributed by atoms with Crippen LogP contribution in [0.4, 0.5) is 11.4 Å². The van der Waals surface area contributed by atoms with Gasteiger partial charge in [0.2, 0.25) is 0 Å². The average Bonchev–Trinajstić information content (AvgIpc) is 2.71. The first-order valence-electron chi connectivity index (χ1n) is 8.61. The van der Waals surface area contributed by atoms with Gasteiger partial charge in [0.1, 0.15) is 0 Å². The lowest BCUT2D eigenvalue weighted by molar-refractivity contribution is -0.384. The van der Waals surface area contributed by atoms with Gasteiger partial charge in [0.25, 0.3) is 17.2 Å². The Bertz CT molecular complexity index is 1240. The molecule has 3 rings (SSSR count). The zero-order valence-corrected chi connectivity index (χ0v) is 16.5. The van der Waals surface area contributed by atoms with Gasteiger partial charge in [0, 0.05) is 24.6 Å². The predicted octanol–water partition coefficient (Wildman–Crippen LogP) is 2.68. The van der Waals surface area contributed by atoms with E-state index < -0.39 is 22.9 Å². The SMILES string of the molecule is CC(OC(=O)c1nn(C)c(=O)c2ccccc12)C(=O)Nc1cc([N+](=O)[O-])ccc1Cl. The number of hydrogen-bond acceptors (Lipinski definition) is 7. The molecule has 0 aliphatic heterocycles. The predicted molar refractivity (Wildman–Crippen MR) is 109 cm³/mol. The Morgan fingerprint density at radius 3 is 2.57 bits per heavy atom. The lowest BCUT2D eigenvalue weighted by Crippen LogP contribution is -2.31. The second kappa shape index (κ2) is 8.29. The minimum Gasteiger partial charge on any atom is -0.448 e. The number of halogens is 1. The maximum atomic E-state index is 12.6. The Kier molecular flexibility index (Phi) is 5.79. The summed E-state index contributed by atoms with van der Waals surface area (Å²) in [6, 6.07) is 9.95. The summed E-state index contributed by atoms with van der Waals surface area (Å²) in [6.45, 7) is 1.32. The van der Waals surface area contributed by atoms with E-state index in [0.29, 0.717) is 5.39 Å². The largest absolute Gasteiger partial charge is 0.448 e. The molecule has 1 heterocycles. The van der Waals surface area contributed by atoms with Crippen LogP contribution in [-0.2, 0) is 16.6 Å². The lowest BCUT2D eigenvalue weighted by atomic mass is 10.1. The summed E-state index contributed by atoms with van der Waals surface area (Å²) in [6.07, 6.45) is -1.27. The molecule has 0 aliphatic rings. The summed E-state index contributed by atoms with van der Waals surface area (Å²) < 4.78 is 6.19. The van der Waals surface area contributed by atoms with Gasteiger partial charge in [-0.1, -0.05) is 29.8 Å². The molecule has 1 atom stereocenters. The summed E-state index contributed by atoms with van der Waals surface area (Å²) in [5.74, 6) is -1.66. The molecule has 10 nitrogen and oxygen atoms in total.